The zero-order valence-corrected chi connectivity index (χ0v) is 18.4. The molecule has 0 bridgehead atoms. The first kappa shape index (κ1) is 21.1. The minimum Gasteiger partial charge on any atom is -0.334 e. The molecule has 0 N–H and O–H groups in total. The summed E-state index contributed by atoms with van der Waals surface area (Å²) in [6.45, 7) is 5.80. The van der Waals surface area contributed by atoms with E-state index in [1.54, 1.807) is 19.1 Å². The number of nitrogens with zero attached hydrogens (tertiary/aromatic N) is 2. The highest BCUT2D eigenvalue weighted by Gasteiger charge is 2.31. The summed E-state index contributed by atoms with van der Waals surface area (Å²) in [6.07, 6.45) is 4.71. The Bertz CT molecular complexity index is 978. The molecule has 0 aromatic heterocycles. The van der Waals surface area contributed by atoms with E-state index in [1.807, 2.05) is 36.4 Å². The molecule has 0 radical (unpaired) electrons. The molecule has 4 rings (SSSR count). The van der Waals surface area contributed by atoms with Crippen molar-refractivity contribution in [2.75, 3.05) is 31.9 Å². The Morgan fingerprint density at radius 2 is 1.50 bits per heavy atom. The standard InChI is InChI=1S/C24H30N2O3S/c1-2-30(28,29)23-13-11-20(12-14-23)19-7-9-21(10-8-19)24(27)26-17-5-6-22(26)18-25-15-3-4-16-25/h7-14,22H,2-6,15-18H2,1H3/t22-/m0/s1. The molecule has 2 saturated heterocycles. The van der Waals surface area contributed by atoms with Crippen LogP contribution in [-0.2, 0) is 9.84 Å². The average molecular weight is 427 g/mol. The highest BCUT2D eigenvalue weighted by molar-refractivity contribution is 7.91. The van der Waals surface area contributed by atoms with Gasteiger partial charge in [-0.1, -0.05) is 31.2 Å². The molecule has 0 saturated carbocycles. The molecule has 160 valence electrons. The van der Waals surface area contributed by atoms with E-state index in [4.69, 9.17) is 0 Å². The van der Waals surface area contributed by atoms with Crippen LogP contribution < -0.4 is 0 Å². The molecule has 0 spiro atoms. The largest absolute Gasteiger partial charge is 0.334 e. The summed E-state index contributed by atoms with van der Waals surface area (Å²) < 4.78 is 24.0. The minimum absolute atomic E-state index is 0.0956. The monoisotopic (exact) mass is 426 g/mol. The second-order valence-corrected chi connectivity index (χ2v) is 10.6. The van der Waals surface area contributed by atoms with Crippen LogP contribution in [0.2, 0.25) is 0 Å². The number of likely N-dealkylation sites (tertiary alicyclic amines) is 2. The fourth-order valence-corrected chi connectivity index (χ4v) is 5.43. The van der Waals surface area contributed by atoms with E-state index < -0.39 is 9.84 Å². The van der Waals surface area contributed by atoms with Crippen molar-refractivity contribution in [3.8, 4) is 11.1 Å². The molecule has 2 aliphatic heterocycles. The van der Waals surface area contributed by atoms with Crippen molar-refractivity contribution in [2.24, 2.45) is 0 Å². The Morgan fingerprint density at radius 1 is 0.900 bits per heavy atom. The quantitative estimate of drug-likeness (QED) is 0.704. The van der Waals surface area contributed by atoms with Crippen LogP contribution >= 0.6 is 0 Å². The number of rotatable bonds is 6. The summed E-state index contributed by atoms with van der Waals surface area (Å²) in [5.41, 5.74) is 2.64. The minimum atomic E-state index is -3.19. The van der Waals surface area contributed by atoms with Gasteiger partial charge in [-0.3, -0.25) is 4.79 Å². The smallest absolute Gasteiger partial charge is 0.254 e. The Balaban J connectivity index is 1.45. The van der Waals surface area contributed by atoms with Crippen LogP contribution in [0.15, 0.2) is 53.4 Å². The summed E-state index contributed by atoms with van der Waals surface area (Å²) >= 11 is 0. The highest BCUT2D eigenvalue weighted by atomic mass is 32.2. The lowest BCUT2D eigenvalue weighted by atomic mass is 10.0. The zero-order chi connectivity index (χ0) is 21.1. The third-order valence-corrected chi connectivity index (χ3v) is 8.11. The van der Waals surface area contributed by atoms with Gasteiger partial charge in [0.25, 0.3) is 5.91 Å². The van der Waals surface area contributed by atoms with Crippen LogP contribution in [0.1, 0.15) is 43.0 Å². The Kier molecular flexibility index (Phi) is 6.25. The Labute approximate surface area is 179 Å². The molecular formula is C24H30N2O3S. The van der Waals surface area contributed by atoms with Gasteiger partial charge in [0.2, 0.25) is 0 Å². The first-order chi connectivity index (χ1) is 14.5. The number of hydrogen-bond donors (Lipinski definition) is 0. The van der Waals surface area contributed by atoms with Crippen molar-refractivity contribution in [3.05, 3.63) is 54.1 Å². The van der Waals surface area contributed by atoms with Gasteiger partial charge < -0.3 is 9.80 Å². The molecule has 0 aliphatic carbocycles. The lowest BCUT2D eigenvalue weighted by molar-refractivity contribution is 0.0709. The third-order valence-electron chi connectivity index (χ3n) is 6.36. The normalized spacial score (nSPS) is 20.0. The molecule has 2 aromatic carbocycles. The molecule has 6 heteroatoms. The van der Waals surface area contributed by atoms with Gasteiger partial charge in [-0.2, -0.15) is 0 Å². The molecule has 2 fully saturated rings. The molecule has 2 aromatic rings. The summed E-state index contributed by atoms with van der Waals surface area (Å²) in [6, 6.07) is 14.9. The van der Waals surface area contributed by atoms with Crippen LogP contribution in [-0.4, -0.2) is 62.1 Å². The van der Waals surface area contributed by atoms with Crippen LogP contribution in [0.3, 0.4) is 0 Å². The van der Waals surface area contributed by atoms with Crippen molar-refractivity contribution in [2.45, 2.75) is 43.5 Å². The molecule has 1 amide bonds. The Morgan fingerprint density at radius 3 is 2.10 bits per heavy atom. The van der Waals surface area contributed by atoms with E-state index in [-0.39, 0.29) is 11.7 Å². The maximum absolute atomic E-state index is 13.1. The average Bonchev–Trinajstić information content (AvgIpc) is 3.46. The van der Waals surface area contributed by atoms with Crippen molar-refractivity contribution >= 4 is 15.7 Å². The number of amides is 1. The lowest BCUT2D eigenvalue weighted by Gasteiger charge is -2.28. The van der Waals surface area contributed by atoms with Crippen LogP contribution in [0.5, 0.6) is 0 Å². The van der Waals surface area contributed by atoms with Gasteiger partial charge >= 0.3 is 0 Å². The predicted molar refractivity (Wildman–Crippen MR) is 119 cm³/mol. The fraction of sp³-hybridized carbons (Fsp3) is 0.458. The third kappa shape index (κ3) is 4.44. The van der Waals surface area contributed by atoms with Gasteiger partial charge in [-0.05, 0) is 74.2 Å². The molecule has 2 heterocycles. The molecule has 0 unspecified atom stereocenters. The van der Waals surface area contributed by atoms with E-state index >= 15 is 0 Å². The Hall–Kier alpha value is -2.18. The topological polar surface area (TPSA) is 57.7 Å². The number of sulfone groups is 1. The first-order valence-electron chi connectivity index (χ1n) is 10.9. The molecule has 2 aliphatic rings. The van der Waals surface area contributed by atoms with E-state index in [9.17, 15) is 13.2 Å². The van der Waals surface area contributed by atoms with Gasteiger partial charge in [0.1, 0.15) is 0 Å². The maximum atomic E-state index is 13.1. The summed E-state index contributed by atoms with van der Waals surface area (Å²) in [5, 5.41) is 0. The lowest BCUT2D eigenvalue weighted by Crippen LogP contribution is -2.42. The number of carbonyl (C=O) groups excluding carboxylic acids is 1. The van der Waals surface area contributed by atoms with Gasteiger partial charge in [-0.25, -0.2) is 8.42 Å². The van der Waals surface area contributed by atoms with Gasteiger partial charge in [0, 0.05) is 24.7 Å². The van der Waals surface area contributed by atoms with Crippen LogP contribution in [0.4, 0.5) is 0 Å². The summed E-state index contributed by atoms with van der Waals surface area (Å²) in [5.74, 6) is 0.214. The zero-order valence-electron chi connectivity index (χ0n) is 17.6. The van der Waals surface area contributed by atoms with Crippen LogP contribution in [0, 0.1) is 0 Å². The van der Waals surface area contributed by atoms with Gasteiger partial charge in [0.05, 0.1) is 10.6 Å². The maximum Gasteiger partial charge on any atom is 0.254 e. The SMILES string of the molecule is CCS(=O)(=O)c1ccc(-c2ccc(C(=O)N3CCC[C@H]3CN3CCCC3)cc2)cc1. The van der Waals surface area contributed by atoms with E-state index in [0.717, 1.165) is 55.7 Å². The van der Waals surface area contributed by atoms with E-state index in [0.29, 0.717) is 10.9 Å². The number of benzene rings is 2. The second kappa shape index (κ2) is 8.90. The summed E-state index contributed by atoms with van der Waals surface area (Å²) in [4.78, 5) is 18.0. The van der Waals surface area contributed by atoms with E-state index in [2.05, 4.69) is 9.80 Å². The van der Waals surface area contributed by atoms with Gasteiger partial charge in [0.15, 0.2) is 9.84 Å². The molecule has 1 atom stereocenters. The fourth-order valence-electron chi connectivity index (χ4n) is 4.55. The van der Waals surface area contributed by atoms with Crippen LogP contribution in [0.25, 0.3) is 11.1 Å². The van der Waals surface area contributed by atoms with Crippen molar-refractivity contribution in [1.29, 1.82) is 0 Å². The number of carbonyl (C=O) groups is 1. The van der Waals surface area contributed by atoms with E-state index in [1.165, 1.54) is 12.8 Å². The van der Waals surface area contributed by atoms with Crippen molar-refractivity contribution in [1.82, 2.24) is 9.80 Å². The second-order valence-electron chi connectivity index (χ2n) is 8.31. The first-order valence-corrected chi connectivity index (χ1v) is 12.6. The van der Waals surface area contributed by atoms with Crippen molar-refractivity contribution in [3.63, 3.8) is 0 Å². The highest BCUT2D eigenvalue weighted by Crippen LogP contribution is 2.25. The van der Waals surface area contributed by atoms with Gasteiger partial charge in [-0.15, -0.1) is 0 Å². The molecule has 5 nitrogen and oxygen atoms in total. The molecule has 30 heavy (non-hydrogen) atoms. The van der Waals surface area contributed by atoms with Crippen molar-refractivity contribution < 1.29 is 13.2 Å². The predicted octanol–water partition coefficient (Wildman–Crippen LogP) is 3.85. The summed E-state index contributed by atoms with van der Waals surface area (Å²) in [7, 11) is -3.19. The number of hydrogen-bond acceptors (Lipinski definition) is 4. The molecular weight excluding hydrogens is 396 g/mol.